The van der Waals surface area contributed by atoms with E-state index in [1.165, 1.54) is 41.9 Å². The molecule has 0 saturated carbocycles. The first-order valence-electron chi connectivity index (χ1n) is 11.4. The molecule has 1 unspecified atom stereocenters. The molecule has 0 spiro atoms. The Hall–Kier alpha value is -3.59. The van der Waals surface area contributed by atoms with E-state index >= 15 is 0 Å². The van der Waals surface area contributed by atoms with E-state index in [1.54, 1.807) is 16.8 Å². The third-order valence-corrected chi connectivity index (χ3v) is 9.07. The minimum atomic E-state index is -4.04. The summed E-state index contributed by atoms with van der Waals surface area (Å²) in [6.45, 7) is -0.273. The Morgan fingerprint density at radius 1 is 1.18 bits per heavy atom. The Morgan fingerprint density at radius 2 is 1.95 bits per heavy atom. The van der Waals surface area contributed by atoms with E-state index in [-0.39, 0.29) is 45.9 Å². The fraction of sp³-hybridized carbons (Fsp3) is 0.125. The van der Waals surface area contributed by atoms with Crippen molar-refractivity contribution in [1.29, 1.82) is 0 Å². The van der Waals surface area contributed by atoms with Crippen LogP contribution in [0.3, 0.4) is 0 Å². The van der Waals surface area contributed by atoms with Gasteiger partial charge in [0, 0.05) is 24.3 Å². The topological polar surface area (TPSA) is 158 Å². The van der Waals surface area contributed by atoms with Gasteiger partial charge in [0.1, 0.15) is 11.3 Å². The molecule has 4 aromatic rings. The Morgan fingerprint density at radius 3 is 2.60 bits per heavy atom. The second-order valence-electron chi connectivity index (χ2n) is 8.74. The maximum Gasteiger partial charge on any atom is 0.348 e. The van der Waals surface area contributed by atoms with Gasteiger partial charge in [-0.15, -0.1) is 10.8 Å². The first-order valence-corrected chi connectivity index (χ1v) is 15.9. The first-order chi connectivity index (χ1) is 18.9. The third kappa shape index (κ3) is 5.39. The average Bonchev–Trinajstić information content (AvgIpc) is 3.42. The fourth-order valence-electron chi connectivity index (χ4n) is 4.04. The molecule has 0 amide bonds. The van der Waals surface area contributed by atoms with Crippen LogP contribution in [-0.4, -0.2) is 43.2 Å². The Bertz CT molecular complexity index is 1760. The zero-order valence-electron chi connectivity index (χ0n) is 20.8. The summed E-state index contributed by atoms with van der Waals surface area (Å²) in [5.41, 5.74) is -0.0387. The number of aromatic hydroxyl groups is 1. The van der Waals surface area contributed by atoms with Gasteiger partial charge in [-0.1, -0.05) is 6.07 Å². The highest BCUT2D eigenvalue weighted by atomic mass is 32.3. The van der Waals surface area contributed by atoms with Crippen LogP contribution in [0.15, 0.2) is 62.8 Å². The number of hydrogen-bond donors (Lipinski definition) is 5. The number of halogens is 2. The van der Waals surface area contributed by atoms with Gasteiger partial charge in [-0.25, -0.2) is 13.5 Å². The third-order valence-electron chi connectivity index (χ3n) is 5.82. The highest BCUT2D eigenvalue weighted by Crippen LogP contribution is 2.52. The average molecular weight is 610 g/mol. The van der Waals surface area contributed by atoms with Gasteiger partial charge in [0.15, 0.2) is 23.2 Å². The maximum absolute atomic E-state index is 13.9. The molecule has 2 aromatic heterocycles. The van der Waals surface area contributed by atoms with E-state index in [4.69, 9.17) is 4.52 Å². The molecule has 0 fully saturated rings. The van der Waals surface area contributed by atoms with Crippen LogP contribution >= 0.6 is 29.6 Å². The predicted molar refractivity (Wildman–Crippen MR) is 152 cm³/mol. The van der Waals surface area contributed by atoms with E-state index in [2.05, 4.69) is 19.9 Å². The molecule has 5 N–H and O–H groups in total. The summed E-state index contributed by atoms with van der Waals surface area (Å²) in [6.07, 6.45) is 1.18. The molecule has 0 bridgehead atoms. The van der Waals surface area contributed by atoms with Gasteiger partial charge < -0.3 is 14.9 Å². The molecule has 0 aliphatic carbocycles. The fourth-order valence-corrected chi connectivity index (χ4v) is 6.79. The van der Waals surface area contributed by atoms with Gasteiger partial charge in [-0.2, -0.15) is 21.2 Å². The summed E-state index contributed by atoms with van der Waals surface area (Å²) in [4.78, 5) is 13.7. The lowest BCUT2D eigenvalue weighted by Crippen LogP contribution is -2.35. The van der Waals surface area contributed by atoms with E-state index in [9.17, 15) is 32.4 Å². The van der Waals surface area contributed by atoms with Crippen LogP contribution in [0.4, 0.5) is 20.2 Å². The Balaban J connectivity index is 1.67. The van der Waals surface area contributed by atoms with Crippen LogP contribution in [0.5, 0.6) is 5.75 Å². The van der Waals surface area contributed by atoms with Crippen molar-refractivity contribution < 1.29 is 32.1 Å². The van der Waals surface area contributed by atoms with E-state index in [1.807, 2.05) is 0 Å². The smallest absolute Gasteiger partial charge is 0.348 e. The largest absolute Gasteiger partial charge is 0.505 e. The van der Waals surface area contributed by atoms with Gasteiger partial charge in [0.25, 0.3) is 5.56 Å². The summed E-state index contributed by atoms with van der Waals surface area (Å²) in [7, 11) is -6.02. The Labute approximate surface area is 231 Å². The number of anilines is 2. The Kier molecular flexibility index (Phi) is 7.29. The summed E-state index contributed by atoms with van der Waals surface area (Å²) in [5, 5.41) is 21.9. The van der Waals surface area contributed by atoms with Crippen molar-refractivity contribution in [3.63, 3.8) is 0 Å². The first kappa shape index (κ1) is 28.0. The molecule has 11 nitrogen and oxygen atoms in total. The van der Waals surface area contributed by atoms with E-state index < -0.39 is 41.2 Å². The van der Waals surface area contributed by atoms with Crippen molar-refractivity contribution in [1.82, 2.24) is 9.78 Å². The van der Waals surface area contributed by atoms with Gasteiger partial charge in [0.2, 0.25) is 0 Å². The molecular formula is C24H22F2N5O6PS2. The minimum absolute atomic E-state index is 0.00804. The number of aromatic nitrogens is 2. The van der Waals surface area contributed by atoms with Crippen molar-refractivity contribution in [2.24, 2.45) is 4.76 Å². The highest BCUT2D eigenvalue weighted by Gasteiger charge is 2.36. The van der Waals surface area contributed by atoms with Gasteiger partial charge >= 0.3 is 7.52 Å². The lowest BCUT2D eigenvalue weighted by molar-refractivity contribution is 0.404. The van der Waals surface area contributed by atoms with Crippen molar-refractivity contribution in [2.45, 2.75) is 6.54 Å². The van der Waals surface area contributed by atoms with E-state index in [0.29, 0.717) is 5.56 Å². The minimum Gasteiger partial charge on any atom is -0.505 e. The lowest BCUT2D eigenvalue weighted by atomic mass is 10.1. The van der Waals surface area contributed by atoms with E-state index in [0.717, 1.165) is 23.9 Å². The molecule has 16 heteroatoms. The molecule has 0 radical (unpaired) electrons. The van der Waals surface area contributed by atoms with Crippen molar-refractivity contribution in [2.75, 3.05) is 23.4 Å². The van der Waals surface area contributed by atoms with Crippen LogP contribution in [-0.2, 0) is 15.6 Å². The molecule has 5 rings (SSSR count). The molecule has 1 aliphatic heterocycles. The van der Waals surface area contributed by atoms with Gasteiger partial charge in [-0.05, 0) is 47.3 Å². The number of amidine groups is 1. The highest BCUT2D eigenvalue weighted by molar-refractivity contribution is 8.24. The quantitative estimate of drug-likeness (QED) is 0.181. The maximum atomic E-state index is 13.9. The normalized spacial score (nSPS) is 17.1. The van der Waals surface area contributed by atoms with Crippen LogP contribution in [0.2, 0.25) is 0 Å². The number of nitrogens with zero attached hydrogens (tertiary/aromatic N) is 3. The molecule has 0 saturated heterocycles. The summed E-state index contributed by atoms with van der Waals surface area (Å²) >= 11 is 1.32. The summed E-state index contributed by atoms with van der Waals surface area (Å²) in [5.74, 6) is -2.96. The number of thiophene rings is 1. The standard InChI is InChI=1S/C24H22F2N5O6PS2/c1-37-38(34)19-10-15(30-40(2,35)36)4-6-18(19)27-23(29-38)20-22(32)21(14-7-8-39-12-14)28-31(24(20)33)11-13-3-5-16(25)17(26)9-13/h3-10,12,30,32,35-36H,11H2,1-2H3,(H,27,29,34). The summed E-state index contributed by atoms with van der Waals surface area (Å²) in [6, 6.07) is 9.15. The number of benzene rings is 2. The second kappa shape index (κ2) is 10.4. The van der Waals surface area contributed by atoms with Crippen LogP contribution in [0.25, 0.3) is 11.3 Å². The number of nitrogens with one attached hydrogen (secondary N) is 2. The number of fused-ring (bicyclic) bond motifs is 1. The monoisotopic (exact) mass is 609 g/mol. The molecule has 1 atom stereocenters. The van der Waals surface area contributed by atoms with Crippen molar-refractivity contribution >= 4 is 52.1 Å². The van der Waals surface area contributed by atoms with Crippen LogP contribution < -0.4 is 20.9 Å². The molecular weight excluding hydrogens is 587 g/mol. The molecule has 40 heavy (non-hydrogen) atoms. The van der Waals surface area contributed by atoms with Gasteiger partial charge in [-0.3, -0.25) is 23.2 Å². The van der Waals surface area contributed by atoms with Crippen molar-refractivity contribution in [3.8, 4) is 17.0 Å². The van der Waals surface area contributed by atoms with Crippen molar-refractivity contribution in [3.05, 3.63) is 86.3 Å². The predicted octanol–water partition coefficient (Wildman–Crippen LogP) is 5.05. The summed E-state index contributed by atoms with van der Waals surface area (Å²) < 4.78 is 73.6. The molecule has 2 aromatic carbocycles. The second-order valence-corrected chi connectivity index (χ2v) is 13.5. The van der Waals surface area contributed by atoms with Gasteiger partial charge in [0.05, 0.1) is 23.2 Å². The van der Waals surface area contributed by atoms with Crippen LogP contribution in [0, 0.1) is 11.6 Å². The SMILES string of the molecule is COP1(=O)N=C(c2c(O)c(-c3ccsc3)nn(Cc3ccc(F)c(F)c3)c2=O)Nc2ccc(NS(C)(O)O)cc21. The lowest BCUT2D eigenvalue weighted by Gasteiger charge is -2.30. The molecule has 3 heterocycles. The number of hydrogen-bond acceptors (Lipinski definition) is 10. The zero-order valence-corrected chi connectivity index (χ0v) is 23.4. The molecule has 1 aliphatic rings. The van der Waals surface area contributed by atoms with Crippen LogP contribution in [0.1, 0.15) is 11.1 Å². The molecule has 210 valence electrons. The zero-order chi connectivity index (χ0) is 28.8. The number of rotatable bonds is 7.